The lowest BCUT2D eigenvalue weighted by Crippen LogP contribution is -2.04. The fraction of sp³-hybridized carbons (Fsp3) is 0.0952. The molecule has 5 aromatic carbocycles. The van der Waals surface area contributed by atoms with Crippen molar-refractivity contribution in [2.75, 3.05) is 0 Å². The summed E-state index contributed by atoms with van der Waals surface area (Å²) in [6.45, 7) is 0. The Hall–Kier alpha value is -4.28. The van der Waals surface area contributed by atoms with Crippen molar-refractivity contribution in [1.29, 1.82) is 0 Å². The Balaban J connectivity index is 1.22. The van der Waals surface area contributed by atoms with Crippen LogP contribution in [0, 0.1) is 0 Å². The van der Waals surface area contributed by atoms with Crippen LogP contribution in [0.1, 0.15) is 45.9 Å². The molecule has 0 amide bonds. The summed E-state index contributed by atoms with van der Waals surface area (Å²) in [6, 6.07) is 38.6. The summed E-state index contributed by atoms with van der Waals surface area (Å²) in [6.07, 6.45) is 13.1. The Bertz CT molecular complexity index is 2580. The van der Waals surface area contributed by atoms with E-state index in [-0.39, 0.29) is 5.92 Å². The molecule has 3 heterocycles. The van der Waals surface area contributed by atoms with Crippen LogP contribution < -0.4 is 0 Å². The van der Waals surface area contributed by atoms with Crippen molar-refractivity contribution in [3.63, 3.8) is 0 Å². The highest BCUT2D eigenvalue weighted by Crippen LogP contribution is 2.48. The minimum Gasteiger partial charge on any atom is -0.139 e. The van der Waals surface area contributed by atoms with Gasteiger partial charge in [0.25, 0.3) is 0 Å². The Labute approximate surface area is 273 Å². The maximum atomic E-state index is 2.58. The van der Waals surface area contributed by atoms with Gasteiger partial charge < -0.3 is 0 Å². The van der Waals surface area contributed by atoms with Crippen molar-refractivity contribution in [2.45, 2.75) is 25.2 Å². The lowest BCUT2D eigenvalue weighted by Gasteiger charge is -2.24. The molecule has 214 valence electrons. The van der Waals surface area contributed by atoms with Crippen LogP contribution in [0.5, 0.6) is 0 Å². The molecule has 0 N–H and O–H groups in total. The van der Waals surface area contributed by atoms with E-state index in [9.17, 15) is 0 Å². The zero-order chi connectivity index (χ0) is 29.5. The van der Waals surface area contributed by atoms with Gasteiger partial charge in [-0.15, -0.1) is 34.0 Å². The lowest BCUT2D eigenvalue weighted by atomic mass is 9.80. The van der Waals surface area contributed by atoms with Crippen LogP contribution in [-0.2, 0) is 6.42 Å². The third-order valence-corrected chi connectivity index (χ3v) is 13.5. The second-order valence-corrected chi connectivity index (χ2v) is 15.5. The number of thiophene rings is 3. The first kappa shape index (κ1) is 26.0. The smallest absolute Gasteiger partial charge is 0.0430 e. The molecule has 1 atom stereocenters. The number of fused-ring (bicyclic) bond motifs is 9. The van der Waals surface area contributed by atoms with E-state index in [0.29, 0.717) is 0 Å². The second-order valence-electron chi connectivity index (χ2n) is 12.3. The molecule has 0 saturated heterocycles. The summed E-state index contributed by atoms with van der Waals surface area (Å²) >= 11 is 5.90. The molecule has 0 bridgehead atoms. The molecule has 0 spiro atoms. The molecule has 1 unspecified atom stereocenters. The van der Waals surface area contributed by atoms with Gasteiger partial charge in [-0.2, -0.15) is 0 Å². The zero-order valence-electron chi connectivity index (χ0n) is 24.5. The molecule has 3 heteroatoms. The van der Waals surface area contributed by atoms with Crippen molar-refractivity contribution in [3.8, 4) is 0 Å². The third kappa shape index (κ3) is 4.01. The lowest BCUT2D eigenvalue weighted by molar-refractivity contribution is 0.882. The standard InChI is InChI=1S/C42H28S3/c1-4-19-37-31(10-1)34-16-7-13-28(40(34)43-37)25-22-26(29-14-8-17-35-32-11-2-5-20-38(32)44-41(29)35)24-27(23-25)30-15-9-18-36-33-12-3-6-21-39(33)45-42(30)36/h1-5,7-20,23-25H,6,21-22H2. The summed E-state index contributed by atoms with van der Waals surface area (Å²) in [5, 5.41) is 6.88. The van der Waals surface area contributed by atoms with Crippen molar-refractivity contribution in [2.24, 2.45) is 0 Å². The molecule has 2 aliphatic carbocycles. The molecule has 0 fully saturated rings. The molecular formula is C42H28S3. The van der Waals surface area contributed by atoms with Crippen LogP contribution in [0.15, 0.2) is 121 Å². The van der Waals surface area contributed by atoms with E-state index in [0.717, 1.165) is 19.3 Å². The van der Waals surface area contributed by atoms with Gasteiger partial charge in [-0.25, -0.2) is 0 Å². The van der Waals surface area contributed by atoms with Gasteiger partial charge in [0.15, 0.2) is 0 Å². The highest BCUT2D eigenvalue weighted by Gasteiger charge is 2.25. The van der Waals surface area contributed by atoms with E-state index in [1.54, 1.807) is 0 Å². The monoisotopic (exact) mass is 628 g/mol. The molecular weight excluding hydrogens is 601 g/mol. The quantitative estimate of drug-likeness (QED) is 0.183. The molecule has 0 saturated carbocycles. The maximum Gasteiger partial charge on any atom is 0.0430 e. The minimum atomic E-state index is 0.283. The topological polar surface area (TPSA) is 0 Å². The highest BCUT2D eigenvalue weighted by atomic mass is 32.1. The molecule has 0 radical (unpaired) electrons. The first-order chi connectivity index (χ1) is 22.3. The number of aryl methyl sites for hydroxylation is 1. The third-order valence-electron chi connectivity index (χ3n) is 9.70. The van der Waals surface area contributed by atoms with E-state index in [1.807, 2.05) is 34.0 Å². The van der Waals surface area contributed by atoms with Crippen LogP contribution in [0.2, 0.25) is 0 Å². The van der Waals surface area contributed by atoms with Crippen LogP contribution in [-0.4, -0.2) is 0 Å². The van der Waals surface area contributed by atoms with Crippen molar-refractivity contribution < 1.29 is 0 Å². The molecule has 0 nitrogen and oxygen atoms in total. The molecule has 10 rings (SSSR count). The van der Waals surface area contributed by atoms with Crippen LogP contribution in [0.3, 0.4) is 0 Å². The molecule has 3 aromatic heterocycles. The SMILES string of the molecule is C1=Cc2c(sc3c(C4=CC(c5cccc6c5sc5ccccc56)CC(c5cccc6c5sc5ccccc56)=C4)cccc23)CC1. The summed E-state index contributed by atoms with van der Waals surface area (Å²) in [4.78, 5) is 1.53. The maximum absolute atomic E-state index is 2.58. The van der Waals surface area contributed by atoms with Gasteiger partial charge in [0.2, 0.25) is 0 Å². The average molecular weight is 629 g/mol. The number of hydrogen-bond donors (Lipinski definition) is 0. The number of rotatable bonds is 3. The number of hydrogen-bond acceptors (Lipinski definition) is 3. The van der Waals surface area contributed by atoms with E-state index >= 15 is 0 Å². The van der Waals surface area contributed by atoms with Gasteiger partial charge >= 0.3 is 0 Å². The highest BCUT2D eigenvalue weighted by molar-refractivity contribution is 7.26. The van der Waals surface area contributed by atoms with Gasteiger partial charge in [-0.3, -0.25) is 0 Å². The predicted molar refractivity (Wildman–Crippen MR) is 201 cm³/mol. The van der Waals surface area contributed by atoms with E-state index in [1.165, 1.54) is 88.7 Å². The summed E-state index contributed by atoms with van der Waals surface area (Å²) < 4.78 is 6.99. The summed E-state index contributed by atoms with van der Waals surface area (Å²) in [7, 11) is 0. The van der Waals surface area contributed by atoms with Gasteiger partial charge in [-0.05, 0) is 64.8 Å². The fourth-order valence-corrected chi connectivity index (χ4v) is 11.5. The largest absolute Gasteiger partial charge is 0.139 e. The second kappa shape index (κ2) is 10.1. The molecule has 8 aromatic rings. The van der Waals surface area contributed by atoms with Gasteiger partial charge in [0, 0.05) is 61.2 Å². The Morgan fingerprint density at radius 2 is 1.20 bits per heavy atom. The van der Waals surface area contributed by atoms with Gasteiger partial charge in [0.05, 0.1) is 0 Å². The minimum absolute atomic E-state index is 0.283. The zero-order valence-corrected chi connectivity index (χ0v) is 27.0. The first-order valence-corrected chi connectivity index (χ1v) is 18.2. The van der Waals surface area contributed by atoms with Crippen molar-refractivity contribution >= 4 is 102 Å². The average Bonchev–Trinajstić information content (AvgIpc) is 3.79. The Morgan fingerprint density at radius 3 is 2.02 bits per heavy atom. The van der Waals surface area contributed by atoms with E-state index in [4.69, 9.17) is 0 Å². The van der Waals surface area contributed by atoms with Gasteiger partial charge in [-0.1, -0.05) is 115 Å². The van der Waals surface area contributed by atoms with E-state index in [2.05, 4.69) is 127 Å². The number of benzene rings is 5. The van der Waals surface area contributed by atoms with E-state index < -0.39 is 0 Å². The van der Waals surface area contributed by atoms with Crippen LogP contribution >= 0.6 is 34.0 Å². The van der Waals surface area contributed by atoms with Crippen LogP contribution in [0.25, 0.3) is 67.7 Å². The Morgan fingerprint density at radius 1 is 0.556 bits per heavy atom. The molecule has 2 aliphatic rings. The van der Waals surface area contributed by atoms with Gasteiger partial charge in [0.1, 0.15) is 0 Å². The number of allylic oxidation sites excluding steroid dienone is 5. The van der Waals surface area contributed by atoms with Crippen molar-refractivity contribution in [1.82, 2.24) is 0 Å². The summed E-state index contributed by atoms with van der Waals surface area (Å²) in [5.74, 6) is 0.283. The normalized spacial score (nSPS) is 16.6. The Kier molecular flexibility index (Phi) is 5.84. The first-order valence-electron chi connectivity index (χ1n) is 15.7. The van der Waals surface area contributed by atoms with Crippen molar-refractivity contribution in [3.05, 3.63) is 148 Å². The predicted octanol–water partition coefficient (Wildman–Crippen LogP) is 13.3. The van der Waals surface area contributed by atoms with Crippen LogP contribution in [0.4, 0.5) is 0 Å². The summed E-state index contributed by atoms with van der Waals surface area (Å²) in [5.41, 5.74) is 8.42. The fourth-order valence-electron chi connectivity index (χ4n) is 7.62. The molecule has 45 heavy (non-hydrogen) atoms. The molecule has 0 aliphatic heterocycles.